The lowest BCUT2D eigenvalue weighted by Crippen LogP contribution is -2.47. The Bertz CT molecular complexity index is 200. The van der Waals surface area contributed by atoms with Gasteiger partial charge in [-0.3, -0.25) is 4.79 Å². The molecule has 76 valence electrons. The van der Waals surface area contributed by atoms with E-state index >= 15 is 0 Å². The van der Waals surface area contributed by atoms with Gasteiger partial charge in [-0.25, -0.2) is 0 Å². The van der Waals surface area contributed by atoms with E-state index in [0.717, 1.165) is 19.3 Å². The molecular formula is C11H21NO. The smallest absolute Gasteiger partial charge is 0.134 e. The molecule has 1 fully saturated rings. The molecule has 0 aliphatic heterocycles. The molecule has 1 aliphatic carbocycles. The van der Waals surface area contributed by atoms with Crippen LogP contribution in [0.1, 0.15) is 39.5 Å². The number of hydrogen-bond acceptors (Lipinski definition) is 2. The minimum absolute atomic E-state index is 0.345. The highest BCUT2D eigenvalue weighted by molar-refractivity contribution is 5.80. The van der Waals surface area contributed by atoms with Gasteiger partial charge in [0.2, 0.25) is 0 Å². The van der Waals surface area contributed by atoms with Crippen LogP contribution in [-0.2, 0) is 4.79 Å². The largest absolute Gasteiger partial charge is 0.305 e. The molecule has 0 aromatic carbocycles. The predicted molar refractivity (Wildman–Crippen MR) is 54.7 cm³/mol. The van der Waals surface area contributed by atoms with Crippen molar-refractivity contribution in [3.05, 3.63) is 0 Å². The molecule has 0 aromatic heterocycles. The Morgan fingerprint density at radius 3 is 2.62 bits per heavy atom. The molecule has 0 radical (unpaired) electrons. The van der Waals surface area contributed by atoms with E-state index in [4.69, 9.17) is 0 Å². The van der Waals surface area contributed by atoms with E-state index in [1.807, 2.05) is 0 Å². The summed E-state index contributed by atoms with van der Waals surface area (Å²) in [6.07, 6.45) is 3.76. The predicted octanol–water partition coefficient (Wildman–Crippen LogP) is 2.09. The maximum absolute atomic E-state index is 11.4. The number of nitrogens with zero attached hydrogens (tertiary/aromatic N) is 1. The second-order valence-electron chi connectivity index (χ2n) is 4.73. The van der Waals surface area contributed by atoms with E-state index in [0.29, 0.717) is 17.2 Å². The second kappa shape index (κ2) is 3.79. The van der Waals surface area contributed by atoms with Gasteiger partial charge in [0, 0.05) is 18.9 Å². The monoisotopic (exact) mass is 183 g/mol. The average Bonchev–Trinajstić information content (AvgIpc) is 2.09. The zero-order chi connectivity index (χ0) is 10.1. The molecule has 0 spiro atoms. The molecule has 0 amide bonds. The molecule has 1 rings (SSSR count). The Morgan fingerprint density at radius 2 is 2.15 bits per heavy atom. The molecule has 13 heavy (non-hydrogen) atoms. The molecule has 0 unspecified atom stereocenters. The first kappa shape index (κ1) is 10.7. The minimum Gasteiger partial charge on any atom is -0.305 e. The zero-order valence-corrected chi connectivity index (χ0v) is 9.26. The summed E-state index contributed by atoms with van der Waals surface area (Å²) in [5, 5.41) is 0. The van der Waals surface area contributed by atoms with Gasteiger partial charge in [-0.2, -0.15) is 0 Å². The fourth-order valence-electron chi connectivity index (χ4n) is 2.37. The number of carbonyl (C=O) groups is 1. The van der Waals surface area contributed by atoms with Crippen LogP contribution in [0.2, 0.25) is 0 Å². The summed E-state index contributed by atoms with van der Waals surface area (Å²) in [5.41, 5.74) is 0.345. The van der Waals surface area contributed by atoms with Crippen molar-refractivity contribution in [2.24, 2.45) is 5.41 Å². The molecule has 1 saturated carbocycles. The number of Topliss-reactive ketones (excluding diaryl/α,β-unsaturated/α-hetero) is 1. The van der Waals surface area contributed by atoms with Crippen LogP contribution >= 0.6 is 0 Å². The summed E-state index contributed by atoms with van der Waals surface area (Å²) in [6, 6.07) is 0.443. The standard InChI is InChI=1S/C11H21NO/c1-5-11(2)7-6-9(13)8-10(11)12(3)4/h10H,5-8H2,1-4H3/t10-,11+/m0/s1. The Morgan fingerprint density at radius 1 is 1.54 bits per heavy atom. The number of carbonyl (C=O) groups excluding carboxylic acids is 1. The highest BCUT2D eigenvalue weighted by atomic mass is 16.1. The van der Waals surface area contributed by atoms with Gasteiger partial charge in [-0.15, -0.1) is 0 Å². The van der Waals surface area contributed by atoms with Crippen molar-refractivity contribution >= 4 is 5.78 Å². The molecule has 2 atom stereocenters. The summed E-state index contributed by atoms with van der Waals surface area (Å²) in [6.45, 7) is 4.54. The van der Waals surface area contributed by atoms with Gasteiger partial charge >= 0.3 is 0 Å². The third kappa shape index (κ3) is 2.11. The van der Waals surface area contributed by atoms with E-state index in [1.54, 1.807) is 0 Å². The van der Waals surface area contributed by atoms with Crippen LogP contribution in [0.3, 0.4) is 0 Å². The average molecular weight is 183 g/mol. The van der Waals surface area contributed by atoms with Gasteiger partial charge in [0.15, 0.2) is 0 Å². The molecule has 1 aliphatic rings. The molecule has 0 saturated heterocycles. The lowest BCUT2D eigenvalue weighted by Gasteiger charge is -2.43. The van der Waals surface area contributed by atoms with E-state index < -0.39 is 0 Å². The van der Waals surface area contributed by atoms with E-state index in [2.05, 4.69) is 32.8 Å². The summed E-state index contributed by atoms with van der Waals surface area (Å²) < 4.78 is 0. The van der Waals surface area contributed by atoms with Gasteiger partial charge in [0.1, 0.15) is 5.78 Å². The highest BCUT2D eigenvalue weighted by Crippen LogP contribution is 2.39. The molecule has 0 N–H and O–H groups in total. The van der Waals surface area contributed by atoms with Crippen molar-refractivity contribution in [2.75, 3.05) is 14.1 Å². The van der Waals surface area contributed by atoms with Gasteiger partial charge in [0.05, 0.1) is 0 Å². The first-order chi connectivity index (χ1) is 5.99. The van der Waals surface area contributed by atoms with Crippen LogP contribution in [0.15, 0.2) is 0 Å². The molecule has 2 nitrogen and oxygen atoms in total. The lowest BCUT2D eigenvalue weighted by molar-refractivity contribution is -0.125. The van der Waals surface area contributed by atoms with Crippen LogP contribution in [-0.4, -0.2) is 30.8 Å². The van der Waals surface area contributed by atoms with Crippen molar-refractivity contribution in [3.8, 4) is 0 Å². The Labute approximate surface area is 81.3 Å². The molecule has 2 heteroatoms. The van der Waals surface area contributed by atoms with Crippen LogP contribution in [0.4, 0.5) is 0 Å². The van der Waals surface area contributed by atoms with Crippen LogP contribution in [0, 0.1) is 5.41 Å². The normalized spacial score (nSPS) is 35.5. The molecule has 0 heterocycles. The Hall–Kier alpha value is -0.370. The first-order valence-electron chi connectivity index (χ1n) is 5.17. The van der Waals surface area contributed by atoms with Gasteiger partial charge in [-0.05, 0) is 32.4 Å². The molecule has 0 bridgehead atoms. The van der Waals surface area contributed by atoms with Crippen LogP contribution < -0.4 is 0 Å². The lowest BCUT2D eigenvalue weighted by atomic mass is 9.69. The summed E-state index contributed by atoms with van der Waals surface area (Å²) in [4.78, 5) is 13.6. The maximum atomic E-state index is 11.4. The minimum atomic E-state index is 0.345. The summed E-state index contributed by atoms with van der Waals surface area (Å²) in [7, 11) is 4.16. The number of ketones is 1. The fraction of sp³-hybridized carbons (Fsp3) is 0.909. The van der Waals surface area contributed by atoms with Crippen molar-refractivity contribution in [3.63, 3.8) is 0 Å². The van der Waals surface area contributed by atoms with Crippen molar-refractivity contribution in [2.45, 2.75) is 45.6 Å². The zero-order valence-electron chi connectivity index (χ0n) is 9.26. The SMILES string of the molecule is CC[C@]1(C)CCC(=O)C[C@@H]1N(C)C. The highest BCUT2D eigenvalue weighted by Gasteiger charge is 2.38. The maximum Gasteiger partial charge on any atom is 0.134 e. The molecular weight excluding hydrogens is 162 g/mol. The van der Waals surface area contributed by atoms with Gasteiger partial charge in [-0.1, -0.05) is 13.8 Å². The van der Waals surface area contributed by atoms with Crippen molar-refractivity contribution in [1.82, 2.24) is 4.90 Å². The number of hydrogen-bond donors (Lipinski definition) is 0. The second-order valence-corrected chi connectivity index (χ2v) is 4.73. The topological polar surface area (TPSA) is 20.3 Å². The van der Waals surface area contributed by atoms with Gasteiger partial charge < -0.3 is 4.90 Å². The van der Waals surface area contributed by atoms with Gasteiger partial charge in [0.25, 0.3) is 0 Å². The molecule has 0 aromatic rings. The Kier molecular flexibility index (Phi) is 3.12. The van der Waals surface area contributed by atoms with E-state index in [9.17, 15) is 4.79 Å². The Balaban J connectivity index is 2.77. The van der Waals surface area contributed by atoms with E-state index in [-0.39, 0.29) is 0 Å². The van der Waals surface area contributed by atoms with Crippen LogP contribution in [0.25, 0.3) is 0 Å². The third-order valence-corrected chi connectivity index (χ3v) is 3.63. The fourth-order valence-corrected chi connectivity index (χ4v) is 2.37. The first-order valence-corrected chi connectivity index (χ1v) is 5.17. The van der Waals surface area contributed by atoms with E-state index in [1.165, 1.54) is 6.42 Å². The summed E-state index contributed by atoms with van der Waals surface area (Å²) in [5.74, 6) is 0.435. The third-order valence-electron chi connectivity index (χ3n) is 3.63. The van der Waals surface area contributed by atoms with Crippen molar-refractivity contribution in [1.29, 1.82) is 0 Å². The summed E-state index contributed by atoms with van der Waals surface area (Å²) >= 11 is 0. The van der Waals surface area contributed by atoms with Crippen LogP contribution in [0.5, 0.6) is 0 Å². The number of rotatable bonds is 2. The van der Waals surface area contributed by atoms with Crippen molar-refractivity contribution < 1.29 is 4.79 Å². The quantitative estimate of drug-likeness (QED) is 0.653.